The molecule has 2 aliphatic rings. The molecular formula is C20H20N2O. The Bertz CT molecular complexity index is 898. The Labute approximate surface area is 135 Å². The third kappa shape index (κ3) is 2.57. The molecule has 0 aromatic heterocycles. The molecule has 0 spiro atoms. The van der Waals surface area contributed by atoms with Gasteiger partial charge in [-0.2, -0.15) is 0 Å². The highest BCUT2D eigenvalue weighted by Crippen LogP contribution is 2.20. The van der Waals surface area contributed by atoms with Crippen molar-refractivity contribution < 1.29 is 4.79 Å². The fourth-order valence-electron chi connectivity index (χ4n) is 3.54. The molecule has 3 heteroatoms. The lowest BCUT2D eigenvalue weighted by Gasteiger charge is -2.08. The van der Waals surface area contributed by atoms with Gasteiger partial charge in [0, 0.05) is 37.3 Å². The van der Waals surface area contributed by atoms with Crippen molar-refractivity contribution in [1.82, 2.24) is 10.6 Å². The van der Waals surface area contributed by atoms with Gasteiger partial charge in [0.05, 0.1) is 0 Å². The molecule has 0 bridgehead atoms. The van der Waals surface area contributed by atoms with Crippen LogP contribution in [-0.2, 0) is 0 Å². The lowest BCUT2D eigenvalue weighted by Crippen LogP contribution is -2.28. The van der Waals surface area contributed by atoms with Crippen LogP contribution in [0.15, 0.2) is 42.5 Å². The van der Waals surface area contributed by atoms with Gasteiger partial charge in [-0.25, -0.2) is 0 Å². The minimum Gasteiger partial charge on any atom is -0.390 e. The van der Waals surface area contributed by atoms with Gasteiger partial charge in [0.2, 0.25) is 0 Å². The number of benzene rings is 2. The van der Waals surface area contributed by atoms with E-state index in [2.05, 4.69) is 41.1 Å². The topological polar surface area (TPSA) is 41.1 Å². The van der Waals surface area contributed by atoms with E-state index in [-0.39, 0.29) is 5.78 Å². The van der Waals surface area contributed by atoms with Gasteiger partial charge in [-0.05, 0) is 46.2 Å². The summed E-state index contributed by atoms with van der Waals surface area (Å²) in [5.41, 5.74) is 4.50. The Balaban J connectivity index is 1.86. The summed E-state index contributed by atoms with van der Waals surface area (Å²) in [7, 11) is 0. The molecule has 1 saturated heterocycles. The van der Waals surface area contributed by atoms with E-state index >= 15 is 0 Å². The number of carbonyl (C=O) groups is 1. The van der Waals surface area contributed by atoms with Gasteiger partial charge in [0.25, 0.3) is 0 Å². The maximum absolute atomic E-state index is 11.6. The summed E-state index contributed by atoms with van der Waals surface area (Å²) < 4.78 is 0. The second-order valence-corrected chi connectivity index (χ2v) is 6.34. The summed E-state index contributed by atoms with van der Waals surface area (Å²) in [5.74, 6) is 0.685. The number of nitrogens with one attached hydrogen (secondary N) is 2. The molecule has 0 amide bonds. The lowest BCUT2D eigenvalue weighted by molar-refractivity contribution is 0.101. The molecule has 0 aliphatic carbocycles. The van der Waals surface area contributed by atoms with Crippen molar-refractivity contribution in [3.8, 4) is 11.1 Å². The summed E-state index contributed by atoms with van der Waals surface area (Å²) in [6, 6.07) is 14.5. The van der Waals surface area contributed by atoms with Gasteiger partial charge in [0.15, 0.2) is 5.78 Å². The highest BCUT2D eigenvalue weighted by Gasteiger charge is 2.22. The first-order chi connectivity index (χ1) is 11.2. The normalized spacial score (nSPS) is 19.2. The Hall–Kier alpha value is -2.39. The first-order valence-corrected chi connectivity index (χ1v) is 8.11. The molecule has 3 nitrogen and oxygen atoms in total. The number of hydrogen-bond acceptors (Lipinski definition) is 3. The highest BCUT2D eigenvalue weighted by molar-refractivity contribution is 5.95. The highest BCUT2D eigenvalue weighted by atomic mass is 16.1. The first-order valence-electron chi connectivity index (χ1n) is 8.11. The Kier molecular flexibility index (Phi) is 3.50. The van der Waals surface area contributed by atoms with Crippen LogP contribution in [0, 0.1) is 5.92 Å². The van der Waals surface area contributed by atoms with Crippen LogP contribution >= 0.6 is 0 Å². The number of ketones is 1. The summed E-state index contributed by atoms with van der Waals surface area (Å²) in [6.45, 7) is 4.63. The number of rotatable bonds is 2. The molecule has 2 aliphatic heterocycles. The summed E-state index contributed by atoms with van der Waals surface area (Å²) in [6.07, 6.45) is 2.12. The van der Waals surface area contributed by atoms with Crippen molar-refractivity contribution in [2.75, 3.05) is 19.6 Å². The lowest BCUT2D eigenvalue weighted by atomic mass is 9.97. The standard InChI is InChI=1S/C20H20N2O/c1-13(23)14-3-2-4-15(7-14)16-5-6-19-17(8-16)9-21-10-18-11-22-12-20(18)19/h2-9,18,21-22H,10-12H2,1H3/t18-/m1/s1. The zero-order valence-corrected chi connectivity index (χ0v) is 13.2. The fourth-order valence-corrected chi connectivity index (χ4v) is 3.54. The van der Waals surface area contributed by atoms with Gasteiger partial charge in [0.1, 0.15) is 0 Å². The van der Waals surface area contributed by atoms with Gasteiger partial charge in [-0.3, -0.25) is 4.79 Å². The first kappa shape index (κ1) is 14.2. The van der Waals surface area contributed by atoms with Gasteiger partial charge in [-0.1, -0.05) is 30.3 Å². The Morgan fingerprint density at radius 3 is 2.83 bits per heavy atom. The molecule has 2 aromatic carbocycles. The van der Waals surface area contributed by atoms with Crippen LogP contribution in [0.2, 0.25) is 0 Å². The van der Waals surface area contributed by atoms with E-state index in [0.717, 1.165) is 36.3 Å². The summed E-state index contributed by atoms with van der Waals surface area (Å²) >= 11 is 0. The van der Waals surface area contributed by atoms with Crippen molar-refractivity contribution >= 4 is 17.6 Å². The van der Waals surface area contributed by atoms with E-state index in [1.165, 1.54) is 16.0 Å². The average Bonchev–Trinajstić information content (AvgIpc) is 2.96. The van der Waals surface area contributed by atoms with E-state index in [0.29, 0.717) is 5.92 Å². The molecule has 1 fully saturated rings. The van der Waals surface area contributed by atoms with Crippen LogP contribution in [0.5, 0.6) is 0 Å². The quantitative estimate of drug-likeness (QED) is 0.821. The molecule has 0 radical (unpaired) electrons. The van der Waals surface area contributed by atoms with E-state index in [1.807, 2.05) is 18.2 Å². The zero-order chi connectivity index (χ0) is 15.8. The molecule has 2 N–H and O–H groups in total. The van der Waals surface area contributed by atoms with Gasteiger partial charge in [-0.15, -0.1) is 0 Å². The minimum absolute atomic E-state index is 0.102. The maximum Gasteiger partial charge on any atom is 0.159 e. The molecule has 0 unspecified atom stereocenters. The largest absolute Gasteiger partial charge is 0.390 e. The van der Waals surface area contributed by atoms with E-state index in [1.54, 1.807) is 6.92 Å². The Morgan fingerprint density at radius 1 is 1.09 bits per heavy atom. The third-order valence-corrected chi connectivity index (χ3v) is 4.82. The molecule has 4 rings (SSSR count). The van der Waals surface area contributed by atoms with Crippen molar-refractivity contribution in [3.05, 3.63) is 58.5 Å². The molecule has 116 valence electrons. The van der Waals surface area contributed by atoms with Gasteiger partial charge >= 0.3 is 0 Å². The Morgan fingerprint density at radius 2 is 1.96 bits per heavy atom. The van der Waals surface area contributed by atoms with Crippen molar-refractivity contribution in [1.29, 1.82) is 0 Å². The number of hydrogen-bond donors (Lipinski definition) is 2. The predicted molar refractivity (Wildman–Crippen MR) is 93.4 cm³/mol. The van der Waals surface area contributed by atoms with E-state index in [4.69, 9.17) is 0 Å². The van der Waals surface area contributed by atoms with E-state index < -0.39 is 0 Å². The average molecular weight is 304 g/mol. The predicted octanol–water partition coefficient (Wildman–Crippen LogP) is 1.27. The fraction of sp³-hybridized carbons (Fsp3) is 0.250. The third-order valence-electron chi connectivity index (χ3n) is 4.82. The van der Waals surface area contributed by atoms with Gasteiger partial charge < -0.3 is 10.6 Å². The second-order valence-electron chi connectivity index (χ2n) is 6.34. The van der Waals surface area contributed by atoms with Crippen LogP contribution in [0.4, 0.5) is 0 Å². The SMILES string of the molecule is CC(=O)c1cccc(-c2ccc3c(c2)=CNC[C@@H]2CNCC=32)c1. The number of carbonyl (C=O) groups excluding carboxylic acids is 1. The van der Waals surface area contributed by atoms with Crippen molar-refractivity contribution in [3.63, 3.8) is 0 Å². The van der Waals surface area contributed by atoms with Crippen LogP contribution in [0.1, 0.15) is 17.3 Å². The van der Waals surface area contributed by atoms with E-state index in [9.17, 15) is 4.79 Å². The summed E-state index contributed by atoms with van der Waals surface area (Å²) in [4.78, 5) is 11.6. The minimum atomic E-state index is 0.102. The second kappa shape index (κ2) is 5.67. The smallest absolute Gasteiger partial charge is 0.159 e. The molecule has 1 atom stereocenters. The number of fused-ring (bicyclic) bond motifs is 2. The van der Waals surface area contributed by atoms with Crippen LogP contribution in [-0.4, -0.2) is 25.4 Å². The molecule has 23 heavy (non-hydrogen) atoms. The molecular weight excluding hydrogens is 284 g/mol. The molecule has 0 saturated carbocycles. The van der Waals surface area contributed by atoms with Crippen LogP contribution in [0.3, 0.4) is 0 Å². The monoisotopic (exact) mass is 304 g/mol. The van der Waals surface area contributed by atoms with Crippen molar-refractivity contribution in [2.24, 2.45) is 5.92 Å². The molecule has 2 aromatic rings. The van der Waals surface area contributed by atoms with Crippen LogP contribution in [0.25, 0.3) is 22.9 Å². The number of Topliss-reactive ketones (excluding diaryl/α,β-unsaturated/α-hetero) is 1. The van der Waals surface area contributed by atoms with Crippen LogP contribution < -0.4 is 21.1 Å². The van der Waals surface area contributed by atoms with Crippen molar-refractivity contribution in [2.45, 2.75) is 6.92 Å². The summed E-state index contributed by atoms with van der Waals surface area (Å²) in [5, 5.41) is 9.49. The zero-order valence-electron chi connectivity index (χ0n) is 13.2. The maximum atomic E-state index is 11.6. The molecule has 2 heterocycles.